The van der Waals surface area contributed by atoms with E-state index in [2.05, 4.69) is 22.0 Å². The Bertz CT molecular complexity index is 407. The van der Waals surface area contributed by atoms with Crippen LogP contribution in [0.2, 0.25) is 0 Å². The molecule has 4 heteroatoms. The molecular formula is C10H14N4. The van der Waals surface area contributed by atoms with Gasteiger partial charge in [-0.15, -0.1) is 0 Å². The average molecular weight is 190 g/mol. The number of aromatic nitrogens is 4. The van der Waals surface area contributed by atoms with Crippen LogP contribution < -0.4 is 0 Å². The van der Waals surface area contributed by atoms with Crippen molar-refractivity contribution in [1.82, 2.24) is 19.7 Å². The average Bonchev–Trinajstić information content (AvgIpc) is 2.63. The molecule has 0 aliphatic carbocycles. The molecule has 0 bridgehead atoms. The molecule has 0 saturated heterocycles. The number of nitrogens with zero attached hydrogens (tertiary/aromatic N) is 4. The Morgan fingerprint density at radius 1 is 1.29 bits per heavy atom. The molecule has 0 atom stereocenters. The van der Waals surface area contributed by atoms with Crippen LogP contribution in [0.25, 0.3) is 11.0 Å². The Labute approximate surface area is 83.0 Å². The van der Waals surface area contributed by atoms with Crippen molar-refractivity contribution in [3.8, 4) is 0 Å². The molecule has 0 fully saturated rings. The maximum atomic E-state index is 4.28. The molecule has 2 aromatic heterocycles. The zero-order chi connectivity index (χ0) is 9.80. The van der Waals surface area contributed by atoms with Crippen LogP contribution in [-0.4, -0.2) is 19.7 Å². The van der Waals surface area contributed by atoms with Crippen LogP contribution in [0.3, 0.4) is 0 Å². The molecule has 2 heterocycles. The minimum atomic E-state index is 0.927. The first-order valence-corrected chi connectivity index (χ1v) is 5.03. The monoisotopic (exact) mass is 190 g/mol. The van der Waals surface area contributed by atoms with Gasteiger partial charge in [-0.2, -0.15) is 5.10 Å². The van der Waals surface area contributed by atoms with Crippen molar-refractivity contribution in [2.24, 2.45) is 0 Å². The third kappa shape index (κ3) is 1.73. The fraction of sp³-hybridized carbons (Fsp3) is 0.500. The van der Waals surface area contributed by atoms with Gasteiger partial charge in [-0.1, -0.05) is 19.8 Å². The van der Waals surface area contributed by atoms with Crippen LogP contribution in [-0.2, 0) is 6.54 Å². The maximum Gasteiger partial charge on any atom is 0.116 e. The molecule has 0 amide bonds. The normalized spacial score (nSPS) is 10.9. The van der Waals surface area contributed by atoms with Crippen molar-refractivity contribution in [3.05, 3.63) is 18.7 Å². The molecule has 14 heavy (non-hydrogen) atoms. The van der Waals surface area contributed by atoms with Crippen LogP contribution in [0.5, 0.6) is 0 Å². The van der Waals surface area contributed by atoms with Gasteiger partial charge in [-0.05, 0) is 6.42 Å². The standard InChI is InChI=1S/C10H14N4/c1-2-3-4-5-14-10-7-11-8-12-9(10)6-13-14/h6-8H,2-5H2,1H3. The number of fused-ring (bicyclic) bond motifs is 1. The number of rotatable bonds is 4. The molecule has 0 saturated carbocycles. The highest BCUT2D eigenvalue weighted by Crippen LogP contribution is 2.09. The lowest BCUT2D eigenvalue weighted by atomic mass is 10.2. The largest absolute Gasteiger partial charge is 0.262 e. The van der Waals surface area contributed by atoms with E-state index in [1.165, 1.54) is 19.3 Å². The van der Waals surface area contributed by atoms with Gasteiger partial charge in [0.15, 0.2) is 0 Å². The van der Waals surface area contributed by atoms with Crippen molar-refractivity contribution in [1.29, 1.82) is 0 Å². The van der Waals surface area contributed by atoms with Gasteiger partial charge in [0.1, 0.15) is 17.4 Å². The van der Waals surface area contributed by atoms with E-state index in [-0.39, 0.29) is 0 Å². The zero-order valence-corrected chi connectivity index (χ0v) is 8.35. The first-order valence-electron chi connectivity index (χ1n) is 5.03. The van der Waals surface area contributed by atoms with E-state index in [0.29, 0.717) is 0 Å². The number of aryl methyl sites for hydroxylation is 1. The fourth-order valence-corrected chi connectivity index (χ4v) is 1.51. The molecule has 74 valence electrons. The zero-order valence-electron chi connectivity index (χ0n) is 8.35. The summed E-state index contributed by atoms with van der Waals surface area (Å²) in [5.41, 5.74) is 1.96. The third-order valence-electron chi connectivity index (χ3n) is 2.29. The predicted molar refractivity (Wildman–Crippen MR) is 54.8 cm³/mol. The van der Waals surface area contributed by atoms with Gasteiger partial charge in [0.2, 0.25) is 0 Å². The number of hydrogen-bond acceptors (Lipinski definition) is 3. The first-order chi connectivity index (χ1) is 6.92. The van der Waals surface area contributed by atoms with Gasteiger partial charge in [-0.3, -0.25) is 4.68 Å². The lowest BCUT2D eigenvalue weighted by molar-refractivity contribution is 0.567. The molecule has 0 aliphatic heterocycles. The Kier molecular flexibility index (Phi) is 2.72. The topological polar surface area (TPSA) is 43.6 Å². The molecule has 2 rings (SSSR count). The Balaban J connectivity index is 2.17. The fourth-order valence-electron chi connectivity index (χ4n) is 1.51. The molecule has 0 spiro atoms. The highest BCUT2D eigenvalue weighted by atomic mass is 15.3. The first kappa shape index (κ1) is 9.12. The second-order valence-corrected chi connectivity index (χ2v) is 3.37. The van der Waals surface area contributed by atoms with Crippen LogP contribution in [0, 0.1) is 0 Å². The molecule has 2 aromatic rings. The predicted octanol–water partition coefficient (Wildman–Crippen LogP) is 2.02. The molecule has 0 aromatic carbocycles. The summed E-state index contributed by atoms with van der Waals surface area (Å²) < 4.78 is 1.98. The summed E-state index contributed by atoms with van der Waals surface area (Å²) in [5.74, 6) is 0. The lowest BCUT2D eigenvalue weighted by Gasteiger charge is -2.01. The second kappa shape index (κ2) is 4.17. The Morgan fingerprint density at radius 3 is 3.07 bits per heavy atom. The van der Waals surface area contributed by atoms with E-state index >= 15 is 0 Å². The summed E-state index contributed by atoms with van der Waals surface area (Å²) in [5, 5.41) is 4.28. The van der Waals surface area contributed by atoms with Gasteiger partial charge >= 0.3 is 0 Å². The van der Waals surface area contributed by atoms with Crippen LogP contribution in [0.4, 0.5) is 0 Å². The summed E-state index contributed by atoms with van der Waals surface area (Å²) in [6.45, 7) is 3.16. The highest BCUT2D eigenvalue weighted by molar-refractivity contribution is 5.72. The smallest absolute Gasteiger partial charge is 0.116 e. The van der Waals surface area contributed by atoms with E-state index in [1.807, 2.05) is 10.9 Å². The van der Waals surface area contributed by atoms with Gasteiger partial charge in [0, 0.05) is 6.54 Å². The Morgan fingerprint density at radius 2 is 2.21 bits per heavy atom. The van der Waals surface area contributed by atoms with E-state index in [1.54, 1.807) is 12.5 Å². The van der Waals surface area contributed by atoms with Crippen LogP contribution in [0.1, 0.15) is 26.2 Å². The Hall–Kier alpha value is -1.45. The summed E-state index contributed by atoms with van der Waals surface area (Å²) in [7, 11) is 0. The summed E-state index contributed by atoms with van der Waals surface area (Å²) >= 11 is 0. The van der Waals surface area contributed by atoms with Crippen molar-refractivity contribution in [3.63, 3.8) is 0 Å². The van der Waals surface area contributed by atoms with Crippen molar-refractivity contribution in [2.75, 3.05) is 0 Å². The second-order valence-electron chi connectivity index (χ2n) is 3.37. The van der Waals surface area contributed by atoms with E-state index < -0.39 is 0 Å². The molecule has 0 radical (unpaired) electrons. The van der Waals surface area contributed by atoms with Gasteiger partial charge < -0.3 is 0 Å². The van der Waals surface area contributed by atoms with Crippen molar-refractivity contribution in [2.45, 2.75) is 32.7 Å². The molecule has 4 nitrogen and oxygen atoms in total. The van der Waals surface area contributed by atoms with Crippen LogP contribution >= 0.6 is 0 Å². The maximum absolute atomic E-state index is 4.28. The minimum Gasteiger partial charge on any atom is -0.262 e. The van der Waals surface area contributed by atoms with Gasteiger partial charge in [0.05, 0.1) is 12.4 Å². The molecule has 0 aliphatic rings. The molecule has 0 N–H and O–H groups in total. The number of unbranched alkanes of at least 4 members (excludes halogenated alkanes) is 2. The number of hydrogen-bond donors (Lipinski definition) is 0. The third-order valence-corrected chi connectivity index (χ3v) is 2.29. The molecular weight excluding hydrogens is 176 g/mol. The lowest BCUT2D eigenvalue weighted by Crippen LogP contribution is -1.99. The summed E-state index contributed by atoms with van der Waals surface area (Å²) in [6, 6.07) is 0. The molecule has 0 unspecified atom stereocenters. The summed E-state index contributed by atoms with van der Waals surface area (Å²) in [6.07, 6.45) is 8.82. The van der Waals surface area contributed by atoms with E-state index in [4.69, 9.17) is 0 Å². The van der Waals surface area contributed by atoms with Gasteiger partial charge in [-0.25, -0.2) is 9.97 Å². The SMILES string of the molecule is CCCCCn1ncc2ncncc21. The summed E-state index contributed by atoms with van der Waals surface area (Å²) in [4.78, 5) is 8.14. The van der Waals surface area contributed by atoms with Crippen molar-refractivity contribution >= 4 is 11.0 Å². The minimum absolute atomic E-state index is 0.927. The van der Waals surface area contributed by atoms with E-state index in [9.17, 15) is 0 Å². The van der Waals surface area contributed by atoms with E-state index in [0.717, 1.165) is 17.6 Å². The van der Waals surface area contributed by atoms with Crippen molar-refractivity contribution < 1.29 is 0 Å². The van der Waals surface area contributed by atoms with Gasteiger partial charge in [0.25, 0.3) is 0 Å². The highest BCUT2D eigenvalue weighted by Gasteiger charge is 2.01. The quantitative estimate of drug-likeness (QED) is 0.693. The van der Waals surface area contributed by atoms with Crippen LogP contribution in [0.15, 0.2) is 18.7 Å².